The van der Waals surface area contributed by atoms with E-state index in [0.717, 1.165) is 5.56 Å². The Bertz CT molecular complexity index is 318. The van der Waals surface area contributed by atoms with Crippen LogP contribution < -0.4 is 5.32 Å². The van der Waals surface area contributed by atoms with E-state index < -0.39 is 11.5 Å². The molecule has 0 amide bonds. The van der Waals surface area contributed by atoms with E-state index >= 15 is 0 Å². The van der Waals surface area contributed by atoms with Gasteiger partial charge in [-0.05, 0) is 19.0 Å². The van der Waals surface area contributed by atoms with Gasteiger partial charge in [-0.1, -0.05) is 37.3 Å². The number of hydrogen-bond acceptors (Lipinski definition) is 2. The number of nitrogens with one attached hydrogen (secondary N) is 1. The minimum Gasteiger partial charge on any atom is -0.480 e. The Morgan fingerprint density at radius 1 is 1.40 bits per heavy atom. The molecule has 0 aliphatic carbocycles. The minimum atomic E-state index is -0.846. The second kappa shape index (κ2) is 4.94. The first-order valence-electron chi connectivity index (χ1n) is 5.11. The van der Waals surface area contributed by atoms with E-state index in [9.17, 15) is 9.90 Å². The Morgan fingerprint density at radius 3 is 2.40 bits per heavy atom. The fourth-order valence-corrected chi connectivity index (χ4v) is 1.67. The second-order valence-electron chi connectivity index (χ2n) is 3.65. The van der Waals surface area contributed by atoms with Crippen molar-refractivity contribution in [2.45, 2.75) is 25.3 Å². The molecular weight excluding hydrogens is 190 g/mol. The molecule has 1 aromatic rings. The molecule has 0 spiro atoms. The molecule has 0 aliphatic heterocycles. The first kappa shape index (κ1) is 11.7. The zero-order valence-corrected chi connectivity index (χ0v) is 9.16. The Morgan fingerprint density at radius 2 is 2.00 bits per heavy atom. The Kier molecular flexibility index (Phi) is 3.86. The number of benzene rings is 1. The zero-order valence-electron chi connectivity index (χ0n) is 9.16. The summed E-state index contributed by atoms with van der Waals surface area (Å²) in [6, 6.07) is 9.67. The molecule has 82 valence electrons. The lowest BCUT2D eigenvalue weighted by atomic mass is 9.88. The third kappa shape index (κ3) is 2.57. The van der Waals surface area contributed by atoms with Crippen LogP contribution in [0.1, 0.15) is 18.9 Å². The van der Waals surface area contributed by atoms with Crippen molar-refractivity contribution in [2.24, 2.45) is 0 Å². The lowest BCUT2D eigenvalue weighted by Gasteiger charge is -2.27. The van der Waals surface area contributed by atoms with Crippen LogP contribution in [-0.2, 0) is 11.2 Å². The van der Waals surface area contributed by atoms with Crippen LogP contribution in [0.3, 0.4) is 0 Å². The van der Waals surface area contributed by atoms with E-state index in [1.54, 1.807) is 7.05 Å². The van der Waals surface area contributed by atoms with Crippen molar-refractivity contribution in [3.63, 3.8) is 0 Å². The molecule has 1 aromatic carbocycles. The molecule has 0 aromatic heterocycles. The van der Waals surface area contributed by atoms with Crippen molar-refractivity contribution in [3.8, 4) is 0 Å². The van der Waals surface area contributed by atoms with Crippen LogP contribution in [-0.4, -0.2) is 23.7 Å². The molecule has 3 heteroatoms. The van der Waals surface area contributed by atoms with Crippen LogP contribution in [0, 0.1) is 0 Å². The lowest BCUT2D eigenvalue weighted by Crippen LogP contribution is -2.51. The standard InChI is InChI=1S/C12H17NO2/c1-3-12(13-2,11(14)15)9-10-7-5-4-6-8-10/h4-8,13H,3,9H2,1-2H3,(H,14,15). The van der Waals surface area contributed by atoms with Gasteiger partial charge in [-0.25, -0.2) is 0 Å². The molecule has 15 heavy (non-hydrogen) atoms. The number of carbonyl (C=O) groups is 1. The van der Waals surface area contributed by atoms with Gasteiger partial charge in [0.1, 0.15) is 5.54 Å². The molecule has 0 radical (unpaired) electrons. The average molecular weight is 207 g/mol. The summed E-state index contributed by atoms with van der Waals surface area (Å²) in [4.78, 5) is 11.2. The summed E-state index contributed by atoms with van der Waals surface area (Å²) in [7, 11) is 1.69. The number of likely N-dealkylation sites (N-methyl/N-ethyl adjacent to an activating group) is 1. The van der Waals surface area contributed by atoms with Crippen molar-refractivity contribution in [1.82, 2.24) is 5.32 Å². The highest BCUT2D eigenvalue weighted by Crippen LogP contribution is 2.17. The highest BCUT2D eigenvalue weighted by molar-refractivity contribution is 5.79. The third-order valence-electron chi connectivity index (χ3n) is 2.84. The van der Waals surface area contributed by atoms with Crippen LogP contribution in [0.25, 0.3) is 0 Å². The van der Waals surface area contributed by atoms with Crippen LogP contribution in [0.2, 0.25) is 0 Å². The SMILES string of the molecule is CCC(Cc1ccccc1)(NC)C(=O)O. The van der Waals surface area contributed by atoms with Crippen molar-refractivity contribution >= 4 is 5.97 Å². The largest absolute Gasteiger partial charge is 0.480 e. The zero-order chi connectivity index (χ0) is 11.3. The topological polar surface area (TPSA) is 49.3 Å². The molecule has 0 saturated carbocycles. The molecule has 0 saturated heterocycles. The summed E-state index contributed by atoms with van der Waals surface area (Å²) in [5.74, 6) is -0.795. The normalized spacial score (nSPS) is 14.5. The van der Waals surface area contributed by atoms with Gasteiger partial charge in [-0.2, -0.15) is 0 Å². The highest BCUT2D eigenvalue weighted by Gasteiger charge is 2.34. The Balaban J connectivity index is 2.89. The van der Waals surface area contributed by atoms with Crippen LogP contribution in [0.4, 0.5) is 0 Å². The number of hydrogen-bond donors (Lipinski definition) is 2. The molecular formula is C12H17NO2. The van der Waals surface area contributed by atoms with Gasteiger partial charge >= 0.3 is 5.97 Å². The summed E-state index contributed by atoms with van der Waals surface area (Å²) < 4.78 is 0. The number of carboxylic acids is 1. The molecule has 1 atom stereocenters. The summed E-state index contributed by atoms with van der Waals surface area (Å²) >= 11 is 0. The van der Waals surface area contributed by atoms with Crippen LogP contribution in [0.5, 0.6) is 0 Å². The fourth-order valence-electron chi connectivity index (χ4n) is 1.67. The second-order valence-corrected chi connectivity index (χ2v) is 3.65. The number of carboxylic acid groups (broad SMARTS) is 1. The van der Waals surface area contributed by atoms with Crippen LogP contribution in [0.15, 0.2) is 30.3 Å². The average Bonchev–Trinajstić information content (AvgIpc) is 2.27. The van der Waals surface area contributed by atoms with Gasteiger partial charge in [0.2, 0.25) is 0 Å². The van der Waals surface area contributed by atoms with Crippen molar-refractivity contribution in [2.75, 3.05) is 7.05 Å². The molecule has 0 fully saturated rings. The van der Waals surface area contributed by atoms with Gasteiger partial charge in [0.15, 0.2) is 0 Å². The number of aliphatic carboxylic acids is 1. The Labute approximate surface area is 90.1 Å². The number of rotatable bonds is 5. The molecule has 2 N–H and O–H groups in total. The molecule has 3 nitrogen and oxygen atoms in total. The summed E-state index contributed by atoms with van der Waals surface area (Å²) in [6.45, 7) is 1.88. The first-order chi connectivity index (χ1) is 7.14. The van der Waals surface area contributed by atoms with E-state index in [0.29, 0.717) is 12.8 Å². The molecule has 0 bridgehead atoms. The maximum Gasteiger partial charge on any atom is 0.324 e. The van der Waals surface area contributed by atoms with Gasteiger partial charge in [0.25, 0.3) is 0 Å². The van der Waals surface area contributed by atoms with E-state index in [-0.39, 0.29) is 0 Å². The maximum atomic E-state index is 11.2. The molecule has 0 aliphatic rings. The van der Waals surface area contributed by atoms with Gasteiger partial charge in [0.05, 0.1) is 0 Å². The fraction of sp³-hybridized carbons (Fsp3) is 0.417. The predicted octanol–water partition coefficient (Wildman–Crippen LogP) is 1.68. The van der Waals surface area contributed by atoms with Gasteiger partial charge in [-0.15, -0.1) is 0 Å². The highest BCUT2D eigenvalue weighted by atomic mass is 16.4. The monoisotopic (exact) mass is 207 g/mol. The van der Waals surface area contributed by atoms with E-state index in [1.807, 2.05) is 37.3 Å². The van der Waals surface area contributed by atoms with E-state index in [4.69, 9.17) is 0 Å². The molecule has 1 unspecified atom stereocenters. The van der Waals surface area contributed by atoms with Gasteiger partial charge in [-0.3, -0.25) is 4.79 Å². The van der Waals surface area contributed by atoms with Crippen molar-refractivity contribution < 1.29 is 9.90 Å². The minimum absolute atomic E-state index is 0.510. The van der Waals surface area contributed by atoms with Crippen molar-refractivity contribution in [3.05, 3.63) is 35.9 Å². The summed E-state index contributed by atoms with van der Waals surface area (Å²) in [6.07, 6.45) is 1.07. The van der Waals surface area contributed by atoms with Gasteiger partial charge < -0.3 is 10.4 Å². The maximum absolute atomic E-state index is 11.2. The lowest BCUT2D eigenvalue weighted by molar-refractivity contribution is -0.144. The Hall–Kier alpha value is -1.35. The van der Waals surface area contributed by atoms with Crippen LogP contribution >= 0.6 is 0 Å². The molecule has 1 rings (SSSR count). The third-order valence-corrected chi connectivity index (χ3v) is 2.84. The summed E-state index contributed by atoms with van der Waals surface area (Å²) in [5, 5.41) is 12.1. The van der Waals surface area contributed by atoms with Crippen molar-refractivity contribution in [1.29, 1.82) is 0 Å². The van der Waals surface area contributed by atoms with E-state index in [2.05, 4.69) is 5.32 Å². The van der Waals surface area contributed by atoms with Gasteiger partial charge in [0, 0.05) is 6.42 Å². The quantitative estimate of drug-likeness (QED) is 0.772. The summed E-state index contributed by atoms with van der Waals surface area (Å²) in [5.41, 5.74) is 0.192. The predicted molar refractivity (Wildman–Crippen MR) is 59.9 cm³/mol. The smallest absolute Gasteiger partial charge is 0.324 e. The molecule has 0 heterocycles. The van der Waals surface area contributed by atoms with E-state index in [1.165, 1.54) is 0 Å². The first-order valence-corrected chi connectivity index (χ1v) is 5.11.